The van der Waals surface area contributed by atoms with Crippen LogP contribution in [0.25, 0.3) is 0 Å². The quantitative estimate of drug-likeness (QED) is 0.802. The van der Waals surface area contributed by atoms with Gasteiger partial charge >= 0.3 is 0 Å². The first-order valence-corrected chi connectivity index (χ1v) is 8.53. The van der Waals surface area contributed by atoms with E-state index in [-0.39, 0.29) is 21.0 Å². The number of halogens is 3. The van der Waals surface area contributed by atoms with Crippen LogP contribution in [-0.2, 0) is 10.0 Å². The van der Waals surface area contributed by atoms with E-state index in [0.29, 0.717) is 11.0 Å². The van der Waals surface area contributed by atoms with Crippen molar-refractivity contribution in [2.45, 2.75) is 30.7 Å². The van der Waals surface area contributed by atoms with E-state index in [4.69, 9.17) is 23.2 Å². The van der Waals surface area contributed by atoms with Gasteiger partial charge in [0.25, 0.3) is 0 Å². The Morgan fingerprint density at radius 2 is 1.83 bits per heavy atom. The molecule has 18 heavy (non-hydrogen) atoms. The van der Waals surface area contributed by atoms with Crippen LogP contribution in [0.2, 0.25) is 10.0 Å². The Kier molecular flexibility index (Phi) is 4.29. The highest BCUT2D eigenvalue weighted by Crippen LogP contribution is 2.38. The third-order valence-corrected chi connectivity index (χ3v) is 6.20. The van der Waals surface area contributed by atoms with Crippen molar-refractivity contribution in [2.24, 2.45) is 0 Å². The fourth-order valence-corrected chi connectivity index (χ4v) is 5.46. The van der Waals surface area contributed by atoms with Crippen LogP contribution in [0, 0.1) is 0 Å². The Labute approximate surface area is 125 Å². The van der Waals surface area contributed by atoms with E-state index >= 15 is 0 Å². The number of hydrogen-bond donors (Lipinski definition) is 0. The van der Waals surface area contributed by atoms with Crippen LogP contribution < -0.4 is 0 Å². The molecule has 0 spiro atoms. The van der Waals surface area contributed by atoms with Crippen molar-refractivity contribution in [3.63, 3.8) is 0 Å². The largest absolute Gasteiger partial charge is 0.246 e. The maximum Gasteiger partial charge on any atom is 0.246 e. The van der Waals surface area contributed by atoms with Gasteiger partial charge in [0.05, 0.1) is 10.0 Å². The number of rotatable bonds is 4. The highest BCUT2D eigenvalue weighted by Gasteiger charge is 2.38. The zero-order valence-corrected chi connectivity index (χ0v) is 13.6. The summed E-state index contributed by atoms with van der Waals surface area (Å²) >= 11 is 15.3. The Hall–Kier alpha value is 0.190. The molecular weight excluding hydrogens is 361 g/mol. The van der Waals surface area contributed by atoms with Gasteiger partial charge in [-0.3, -0.25) is 0 Å². The summed E-state index contributed by atoms with van der Waals surface area (Å²) in [4.78, 5) is 0.00258. The smallest absolute Gasteiger partial charge is 0.207 e. The van der Waals surface area contributed by atoms with Crippen LogP contribution in [0.1, 0.15) is 19.8 Å². The van der Waals surface area contributed by atoms with E-state index < -0.39 is 10.0 Å². The van der Waals surface area contributed by atoms with E-state index in [1.54, 1.807) is 12.1 Å². The van der Waals surface area contributed by atoms with Gasteiger partial charge in [-0.2, -0.15) is 4.31 Å². The Balaban J connectivity index is 2.53. The lowest BCUT2D eigenvalue weighted by molar-refractivity contribution is 0.421. The lowest BCUT2D eigenvalue weighted by atomic mass is 10.4. The van der Waals surface area contributed by atoms with E-state index in [1.807, 2.05) is 6.92 Å². The van der Waals surface area contributed by atoms with Crippen molar-refractivity contribution in [2.75, 3.05) is 6.54 Å². The third-order valence-electron chi connectivity index (χ3n) is 2.80. The monoisotopic (exact) mass is 371 g/mol. The molecule has 3 nitrogen and oxygen atoms in total. The third kappa shape index (κ3) is 2.70. The molecule has 0 unspecified atom stereocenters. The van der Waals surface area contributed by atoms with Crippen molar-refractivity contribution in [3.8, 4) is 0 Å². The van der Waals surface area contributed by atoms with Crippen LogP contribution >= 0.6 is 39.1 Å². The van der Waals surface area contributed by atoms with E-state index in [2.05, 4.69) is 15.9 Å². The molecule has 2 rings (SSSR count). The minimum Gasteiger partial charge on any atom is -0.207 e. The molecule has 1 saturated carbocycles. The average Bonchev–Trinajstić information content (AvgIpc) is 2.99. The van der Waals surface area contributed by atoms with Gasteiger partial charge in [0.2, 0.25) is 10.0 Å². The Bertz CT molecular complexity index is 549. The van der Waals surface area contributed by atoms with Gasteiger partial charge in [-0.25, -0.2) is 8.42 Å². The summed E-state index contributed by atoms with van der Waals surface area (Å²) < 4.78 is 27.2. The minimum atomic E-state index is -3.62. The van der Waals surface area contributed by atoms with E-state index in [9.17, 15) is 8.42 Å². The summed E-state index contributed by atoms with van der Waals surface area (Å²) in [5.41, 5.74) is 0. The lowest BCUT2D eigenvalue weighted by Gasteiger charge is -2.21. The molecule has 100 valence electrons. The van der Waals surface area contributed by atoms with Crippen LogP contribution in [0.15, 0.2) is 21.5 Å². The van der Waals surface area contributed by atoms with Gasteiger partial charge in [0.15, 0.2) is 0 Å². The molecule has 1 fully saturated rings. The standard InChI is InChI=1S/C11H12BrCl2NO2S/c1-2-15(8-3-4-8)18(16,17)11-9(13)5-7(12)6-10(11)14/h5-6,8H,2-4H2,1H3. The van der Waals surface area contributed by atoms with Gasteiger partial charge in [-0.05, 0) is 25.0 Å². The zero-order valence-electron chi connectivity index (χ0n) is 9.66. The molecule has 0 aliphatic heterocycles. The second-order valence-electron chi connectivity index (χ2n) is 4.14. The molecule has 0 N–H and O–H groups in total. The second kappa shape index (κ2) is 5.29. The van der Waals surface area contributed by atoms with Crippen molar-refractivity contribution in [1.82, 2.24) is 4.31 Å². The molecule has 0 atom stereocenters. The Morgan fingerprint density at radius 1 is 1.33 bits per heavy atom. The van der Waals surface area contributed by atoms with Gasteiger partial charge in [0.1, 0.15) is 4.90 Å². The number of sulfonamides is 1. The van der Waals surface area contributed by atoms with E-state index in [1.165, 1.54) is 4.31 Å². The molecule has 0 aromatic heterocycles. The Morgan fingerprint density at radius 3 is 2.22 bits per heavy atom. The highest BCUT2D eigenvalue weighted by molar-refractivity contribution is 9.10. The average molecular weight is 373 g/mol. The fraction of sp³-hybridized carbons (Fsp3) is 0.455. The summed E-state index contributed by atoms with van der Waals surface area (Å²) in [6.07, 6.45) is 1.80. The predicted octanol–water partition coefficient (Wildman–Crippen LogP) is 3.93. The van der Waals surface area contributed by atoms with Crippen molar-refractivity contribution < 1.29 is 8.42 Å². The molecule has 0 heterocycles. The highest BCUT2D eigenvalue weighted by atomic mass is 79.9. The first kappa shape index (κ1) is 14.6. The van der Waals surface area contributed by atoms with Crippen LogP contribution in [0.5, 0.6) is 0 Å². The normalized spacial score (nSPS) is 16.3. The molecule has 0 bridgehead atoms. The topological polar surface area (TPSA) is 37.4 Å². The molecule has 7 heteroatoms. The first-order valence-electron chi connectivity index (χ1n) is 5.54. The number of hydrogen-bond acceptors (Lipinski definition) is 2. The van der Waals surface area contributed by atoms with E-state index in [0.717, 1.165) is 12.8 Å². The predicted molar refractivity (Wildman–Crippen MR) is 76.7 cm³/mol. The molecular formula is C11H12BrCl2NO2S. The van der Waals surface area contributed by atoms with Crippen LogP contribution in [-0.4, -0.2) is 25.3 Å². The molecule has 1 aromatic rings. The molecule has 1 aromatic carbocycles. The van der Waals surface area contributed by atoms with Gasteiger partial charge in [-0.1, -0.05) is 46.1 Å². The SMILES string of the molecule is CCN(C1CC1)S(=O)(=O)c1c(Cl)cc(Br)cc1Cl. The van der Waals surface area contributed by atoms with Crippen LogP contribution in [0.3, 0.4) is 0 Å². The van der Waals surface area contributed by atoms with Crippen molar-refractivity contribution >= 4 is 49.2 Å². The van der Waals surface area contributed by atoms with Gasteiger partial charge in [-0.15, -0.1) is 0 Å². The molecule has 0 amide bonds. The summed E-state index contributed by atoms with van der Waals surface area (Å²) in [5, 5.41) is 0.293. The fourth-order valence-electron chi connectivity index (χ4n) is 1.88. The van der Waals surface area contributed by atoms with Crippen LogP contribution in [0.4, 0.5) is 0 Å². The zero-order chi connectivity index (χ0) is 13.5. The van der Waals surface area contributed by atoms with Crippen molar-refractivity contribution in [1.29, 1.82) is 0 Å². The molecule has 0 saturated heterocycles. The maximum atomic E-state index is 12.5. The van der Waals surface area contributed by atoms with Gasteiger partial charge < -0.3 is 0 Å². The lowest BCUT2D eigenvalue weighted by Crippen LogP contribution is -2.33. The summed E-state index contributed by atoms with van der Waals surface area (Å²) in [6, 6.07) is 3.18. The second-order valence-corrected chi connectivity index (χ2v) is 7.70. The number of benzene rings is 1. The molecule has 1 aliphatic rings. The molecule has 1 aliphatic carbocycles. The minimum absolute atomic E-state index is 0.00258. The number of nitrogens with zero attached hydrogens (tertiary/aromatic N) is 1. The maximum absolute atomic E-state index is 12.5. The van der Waals surface area contributed by atoms with Crippen molar-refractivity contribution in [3.05, 3.63) is 26.7 Å². The summed E-state index contributed by atoms with van der Waals surface area (Å²) in [7, 11) is -3.62. The summed E-state index contributed by atoms with van der Waals surface area (Å²) in [6.45, 7) is 2.24. The first-order chi connectivity index (χ1) is 8.37. The summed E-state index contributed by atoms with van der Waals surface area (Å²) in [5.74, 6) is 0. The van der Waals surface area contributed by atoms with Gasteiger partial charge in [0, 0.05) is 17.1 Å². The molecule has 0 radical (unpaired) electrons.